The van der Waals surface area contributed by atoms with Crippen LogP contribution in [0.25, 0.3) is 6.08 Å². The van der Waals surface area contributed by atoms with Crippen LogP contribution in [-0.2, 0) is 4.79 Å². The second-order valence-electron chi connectivity index (χ2n) is 5.53. The molecule has 2 aromatic rings. The van der Waals surface area contributed by atoms with Gasteiger partial charge < -0.3 is 0 Å². The number of carbonyl (C=O) groups excluding carboxylic acids is 1. The summed E-state index contributed by atoms with van der Waals surface area (Å²) in [5.74, 6) is -0.0589. The molecule has 2 nitrogen and oxygen atoms in total. The van der Waals surface area contributed by atoms with E-state index in [0.717, 1.165) is 22.4 Å². The number of rotatable bonds is 3. The predicted molar refractivity (Wildman–Crippen MR) is 107 cm³/mol. The lowest BCUT2D eigenvalue weighted by Gasteiger charge is -2.18. The van der Waals surface area contributed by atoms with Gasteiger partial charge in [0.1, 0.15) is 0 Å². The van der Waals surface area contributed by atoms with E-state index >= 15 is 0 Å². The molecule has 0 aliphatic carbocycles. The molecule has 24 heavy (non-hydrogen) atoms. The molecule has 4 heteroatoms. The number of nitrogens with zero attached hydrogens (tertiary/aromatic N) is 1. The highest BCUT2D eigenvalue weighted by Crippen LogP contribution is 2.36. The van der Waals surface area contributed by atoms with Gasteiger partial charge in [0.2, 0.25) is 0 Å². The molecule has 0 spiro atoms. The van der Waals surface area contributed by atoms with Crippen LogP contribution in [0.1, 0.15) is 16.7 Å². The zero-order valence-corrected chi connectivity index (χ0v) is 15.2. The average molecular weight is 351 g/mol. The predicted octanol–water partition coefficient (Wildman–Crippen LogP) is 5.27. The highest BCUT2D eigenvalue weighted by Gasteiger charge is 2.33. The van der Waals surface area contributed by atoms with Crippen molar-refractivity contribution in [2.45, 2.75) is 13.8 Å². The highest BCUT2D eigenvalue weighted by atomic mass is 32.2. The Bertz CT molecular complexity index is 853. The molecule has 0 unspecified atom stereocenters. The van der Waals surface area contributed by atoms with Gasteiger partial charge in [0.05, 0.1) is 10.6 Å². The van der Waals surface area contributed by atoms with Gasteiger partial charge in [-0.25, -0.2) is 0 Å². The molecule has 3 rings (SSSR count). The molecule has 120 valence electrons. The first kappa shape index (κ1) is 16.7. The molecule has 0 aromatic heterocycles. The van der Waals surface area contributed by atoms with E-state index in [1.54, 1.807) is 4.90 Å². The van der Waals surface area contributed by atoms with Crippen molar-refractivity contribution in [3.63, 3.8) is 0 Å². The number of benzene rings is 2. The molecule has 0 N–H and O–H groups in total. The van der Waals surface area contributed by atoms with Crippen LogP contribution in [0.2, 0.25) is 0 Å². The lowest BCUT2D eigenvalue weighted by atomic mass is 10.1. The third-order valence-electron chi connectivity index (χ3n) is 3.95. The number of hydrogen-bond donors (Lipinski definition) is 0. The van der Waals surface area contributed by atoms with Gasteiger partial charge in [0.25, 0.3) is 5.91 Å². The molecule has 0 atom stereocenters. The fourth-order valence-corrected chi connectivity index (χ4v) is 3.71. The van der Waals surface area contributed by atoms with Crippen molar-refractivity contribution in [3.8, 4) is 0 Å². The number of aryl methyl sites for hydroxylation is 1. The van der Waals surface area contributed by atoms with Crippen molar-refractivity contribution in [1.82, 2.24) is 0 Å². The molecular weight excluding hydrogens is 334 g/mol. The Morgan fingerprint density at radius 3 is 2.54 bits per heavy atom. The molecule has 0 saturated carbocycles. The molecule has 2 aromatic carbocycles. The van der Waals surface area contributed by atoms with E-state index in [-0.39, 0.29) is 5.91 Å². The van der Waals surface area contributed by atoms with Gasteiger partial charge >= 0.3 is 0 Å². The van der Waals surface area contributed by atoms with Crippen molar-refractivity contribution < 1.29 is 4.79 Å². The monoisotopic (exact) mass is 351 g/mol. The van der Waals surface area contributed by atoms with E-state index in [4.69, 9.17) is 12.2 Å². The maximum Gasteiger partial charge on any atom is 0.270 e. The van der Waals surface area contributed by atoms with Crippen molar-refractivity contribution in [2.75, 3.05) is 4.90 Å². The summed E-state index contributed by atoms with van der Waals surface area (Å²) in [6.45, 7) is 4.05. The molecule has 1 aliphatic rings. The van der Waals surface area contributed by atoms with E-state index in [2.05, 4.69) is 0 Å². The van der Waals surface area contributed by atoms with E-state index in [9.17, 15) is 4.79 Å². The topological polar surface area (TPSA) is 20.3 Å². The van der Waals surface area contributed by atoms with E-state index in [1.807, 2.05) is 80.6 Å². The number of allylic oxidation sites excluding steroid dienone is 2. The van der Waals surface area contributed by atoms with Crippen LogP contribution >= 0.6 is 24.0 Å². The number of carbonyl (C=O) groups is 1. The Morgan fingerprint density at radius 1 is 1.04 bits per heavy atom. The minimum atomic E-state index is -0.0589. The summed E-state index contributed by atoms with van der Waals surface area (Å²) in [4.78, 5) is 15.0. The minimum absolute atomic E-state index is 0.0589. The smallest absolute Gasteiger partial charge is 0.268 e. The molecule has 0 bridgehead atoms. The molecular formula is C20H17NOS2. The van der Waals surface area contributed by atoms with Gasteiger partial charge in [-0.2, -0.15) is 0 Å². The van der Waals surface area contributed by atoms with E-state index in [1.165, 1.54) is 11.8 Å². The lowest BCUT2D eigenvalue weighted by molar-refractivity contribution is -0.113. The fraction of sp³-hybridized carbons (Fsp3) is 0.100. The van der Waals surface area contributed by atoms with Gasteiger partial charge in [0.15, 0.2) is 4.32 Å². The zero-order chi connectivity index (χ0) is 17.1. The number of amides is 1. The Kier molecular flexibility index (Phi) is 4.97. The van der Waals surface area contributed by atoms with Crippen LogP contribution in [-0.4, -0.2) is 10.2 Å². The standard InChI is InChI=1S/C20H17NOS2/c1-14-8-6-12-17(15(14)2)21-19(22)18(24-20(21)23)13-7-11-16-9-4-3-5-10-16/h3-13H,1-2H3/b11-7+,18-13-. The number of hydrogen-bond acceptors (Lipinski definition) is 3. The number of anilines is 1. The van der Waals surface area contributed by atoms with E-state index in [0.29, 0.717) is 9.23 Å². The van der Waals surface area contributed by atoms with E-state index < -0.39 is 0 Å². The summed E-state index contributed by atoms with van der Waals surface area (Å²) in [6, 6.07) is 15.9. The summed E-state index contributed by atoms with van der Waals surface area (Å²) < 4.78 is 0.577. The first-order chi connectivity index (χ1) is 11.6. The maximum atomic E-state index is 12.7. The maximum absolute atomic E-state index is 12.7. The van der Waals surface area contributed by atoms with Crippen molar-refractivity contribution >= 4 is 46.0 Å². The summed E-state index contributed by atoms with van der Waals surface area (Å²) in [5, 5.41) is 0. The van der Waals surface area contributed by atoms with Crippen molar-refractivity contribution in [3.05, 3.63) is 82.3 Å². The van der Waals surface area contributed by atoms with Crippen LogP contribution in [0, 0.1) is 13.8 Å². The summed E-state index contributed by atoms with van der Waals surface area (Å²) in [6.07, 6.45) is 5.70. The van der Waals surface area contributed by atoms with Crippen LogP contribution in [0.5, 0.6) is 0 Å². The first-order valence-electron chi connectivity index (χ1n) is 7.64. The van der Waals surface area contributed by atoms with Crippen LogP contribution in [0.3, 0.4) is 0 Å². The molecule has 1 saturated heterocycles. The Labute approximate surface area is 151 Å². The Morgan fingerprint density at radius 2 is 1.79 bits per heavy atom. The fourth-order valence-electron chi connectivity index (χ4n) is 2.48. The van der Waals surface area contributed by atoms with Gasteiger partial charge in [0, 0.05) is 0 Å². The third kappa shape index (κ3) is 3.35. The molecule has 1 heterocycles. The average Bonchev–Trinajstić information content (AvgIpc) is 2.86. The quantitative estimate of drug-likeness (QED) is 0.555. The first-order valence-corrected chi connectivity index (χ1v) is 8.86. The van der Waals surface area contributed by atoms with Gasteiger partial charge in [-0.05, 0) is 42.7 Å². The summed E-state index contributed by atoms with van der Waals surface area (Å²) in [7, 11) is 0. The summed E-state index contributed by atoms with van der Waals surface area (Å²) >= 11 is 6.77. The number of thiocarbonyl (C=S) groups is 1. The van der Waals surface area contributed by atoms with Crippen LogP contribution in [0.4, 0.5) is 5.69 Å². The third-order valence-corrected chi connectivity index (χ3v) is 5.27. The minimum Gasteiger partial charge on any atom is -0.268 e. The lowest BCUT2D eigenvalue weighted by Crippen LogP contribution is -2.28. The molecule has 0 radical (unpaired) electrons. The second-order valence-corrected chi connectivity index (χ2v) is 7.20. The molecule has 1 fully saturated rings. The normalized spacial score (nSPS) is 16.6. The second kappa shape index (κ2) is 7.16. The largest absolute Gasteiger partial charge is 0.270 e. The highest BCUT2D eigenvalue weighted by molar-refractivity contribution is 8.27. The SMILES string of the molecule is Cc1cccc(N2C(=O)/C(=C/C=C/c3ccccc3)SC2=S)c1C. The van der Waals surface area contributed by atoms with Gasteiger partial charge in [-0.15, -0.1) is 0 Å². The van der Waals surface area contributed by atoms with Crippen LogP contribution in [0.15, 0.2) is 65.6 Å². The zero-order valence-electron chi connectivity index (χ0n) is 13.5. The Balaban J connectivity index is 1.85. The number of thioether (sulfide) groups is 1. The summed E-state index contributed by atoms with van der Waals surface area (Å²) in [5.41, 5.74) is 4.19. The molecule has 1 amide bonds. The van der Waals surface area contributed by atoms with Crippen molar-refractivity contribution in [1.29, 1.82) is 0 Å². The van der Waals surface area contributed by atoms with Gasteiger partial charge in [-0.1, -0.05) is 78.6 Å². The Hall–Kier alpha value is -2.17. The molecule has 1 aliphatic heterocycles. The van der Waals surface area contributed by atoms with Crippen molar-refractivity contribution in [2.24, 2.45) is 0 Å². The van der Waals surface area contributed by atoms with Gasteiger partial charge in [-0.3, -0.25) is 9.69 Å². The van der Waals surface area contributed by atoms with Crippen LogP contribution < -0.4 is 4.90 Å².